The first-order chi connectivity index (χ1) is 10.6. The summed E-state index contributed by atoms with van der Waals surface area (Å²) in [4.78, 5) is 28.7. The van der Waals surface area contributed by atoms with Crippen molar-refractivity contribution in [3.8, 4) is 0 Å². The van der Waals surface area contributed by atoms with Crippen LogP contribution in [0.1, 0.15) is 58.8 Å². The molecule has 126 valence electrons. The number of Topliss-reactive ketones (excluding diaryl/α,β-unsaturated/α-hetero) is 1. The van der Waals surface area contributed by atoms with Crippen LogP contribution in [-0.4, -0.2) is 54.2 Å². The largest absolute Gasteiger partial charge is 0.340 e. The molecule has 0 radical (unpaired) electrons. The molecule has 4 heteroatoms. The van der Waals surface area contributed by atoms with Gasteiger partial charge in [-0.3, -0.25) is 14.5 Å². The first kappa shape index (κ1) is 17.5. The molecule has 2 unspecified atom stereocenters. The standard InChI is InChI=1S/C18H32N2O2/c1-3-4-8-17(21)14-19-9-11-20(12-10-19)18(22)16-7-5-6-15(2)13-16/h15-16H,3-14H2,1-2H3. The highest BCUT2D eigenvalue weighted by Crippen LogP contribution is 2.30. The monoisotopic (exact) mass is 308 g/mol. The van der Waals surface area contributed by atoms with Crippen molar-refractivity contribution in [3.05, 3.63) is 0 Å². The number of rotatable bonds is 6. The van der Waals surface area contributed by atoms with Crippen LogP contribution in [0.15, 0.2) is 0 Å². The van der Waals surface area contributed by atoms with Gasteiger partial charge in [0.25, 0.3) is 0 Å². The Kier molecular flexibility index (Phi) is 6.87. The van der Waals surface area contributed by atoms with Crippen molar-refractivity contribution in [2.45, 2.75) is 58.8 Å². The minimum absolute atomic E-state index is 0.251. The van der Waals surface area contributed by atoms with Crippen molar-refractivity contribution in [3.63, 3.8) is 0 Å². The zero-order chi connectivity index (χ0) is 15.9. The van der Waals surface area contributed by atoms with Crippen molar-refractivity contribution < 1.29 is 9.59 Å². The molecular weight excluding hydrogens is 276 g/mol. The van der Waals surface area contributed by atoms with E-state index in [2.05, 4.69) is 18.7 Å². The van der Waals surface area contributed by atoms with E-state index in [4.69, 9.17) is 0 Å². The summed E-state index contributed by atoms with van der Waals surface area (Å²) in [5, 5.41) is 0. The molecule has 0 aromatic carbocycles. The summed E-state index contributed by atoms with van der Waals surface area (Å²) < 4.78 is 0. The van der Waals surface area contributed by atoms with Gasteiger partial charge in [-0.1, -0.05) is 33.1 Å². The highest BCUT2D eigenvalue weighted by atomic mass is 16.2. The van der Waals surface area contributed by atoms with Gasteiger partial charge in [0.15, 0.2) is 0 Å². The van der Waals surface area contributed by atoms with Crippen LogP contribution in [0.25, 0.3) is 0 Å². The number of hydrogen-bond donors (Lipinski definition) is 0. The van der Waals surface area contributed by atoms with Gasteiger partial charge in [0.1, 0.15) is 5.78 Å². The van der Waals surface area contributed by atoms with E-state index >= 15 is 0 Å². The number of piperazine rings is 1. The van der Waals surface area contributed by atoms with E-state index in [-0.39, 0.29) is 5.92 Å². The number of nitrogens with zero attached hydrogens (tertiary/aromatic N) is 2. The van der Waals surface area contributed by atoms with Crippen molar-refractivity contribution in [1.82, 2.24) is 9.80 Å². The summed E-state index contributed by atoms with van der Waals surface area (Å²) in [6, 6.07) is 0. The fourth-order valence-electron chi connectivity index (χ4n) is 3.75. The highest BCUT2D eigenvalue weighted by molar-refractivity contribution is 5.81. The third-order valence-electron chi connectivity index (χ3n) is 5.18. The van der Waals surface area contributed by atoms with Crippen LogP contribution in [0, 0.1) is 11.8 Å². The molecule has 1 heterocycles. The lowest BCUT2D eigenvalue weighted by Gasteiger charge is -2.37. The van der Waals surface area contributed by atoms with Gasteiger partial charge in [0, 0.05) is 38.5 Å². The first-order valence-electron chi connectivity index (χ1n) is 9.13. The summed E-state index contributed by atoms with van der Waals surface area (Å²) in [5.74, 6) is 1.66. The minimum atomic E-state index is 0.251. The van der Waals surface area contributed by atoms with Gasteiger partial charge in [-0.2, -0.15) is 0 Å². The SMILES string of the molecule is CCCCC(=O)CN1CCN(C(=O)C2CCCC(C)C2)CC1. The van der Waals surface area contributed by atoms with Crippen LogP contribution < -0.4 is 0 Å². The molecule has 0 aromatic heterocycles. The lowest BCUT2D eigenvalue weighted by Crippen LogP contribution is -2.51. The predicted octanol–water partition coefficient (Wildman–Crippen LogP) is 2.72. The number of amides is 1. The molecule has 22 heavy (non-hydrogen) atoms. The van der Waals surface area contributed by atoms with Gasteiger partial charge in [-0.05, 0) is 25.2 Å². The molecule has 1 aliphatic heterocycles. The zero-order valence-corrected chi connectivity index (χ0v) is 14.4. The molecular formula is C18H32N2O2. The van der Waals surface area contributed by atoms with Gasteiger partial charge >= 0.3 is 0 Å². The van der Waals surface area contributed by atoms with E-state index < -0.39 is 0 Å². The van der Waals surface area contributed by atoms with E-state index in [9.17, 15) is 9.59 Å². The maximum absolute atomic E-state index is 12.6. The molecule has 2 fully saturated rings. The summed E-state index contributed by atoms with van der Waals surface area (Å²) in [6.45, 7) is 8.25. The molecule has 0 bridgehead atoms. The summed E-state index contributed by atoms with van der Waals surface area (Å²) in [7, 11) is 0. The Morgan fingerprint density at radius 2 is 1.82 bits per heavy atom. The summed E-state index contributed by atoms with van der Waals surface area (Å²) >= 11 is 0. The van der Waals surface area contributed by atoms with Crippen molar-refractivity contribution in [2.24, 2.45) is 11.8 Å². The predicted molar refractivity (Wildman–Crippen MR) is 88.7 cm³/mol. The van der Waals surface area contributed by atoms with Crippen molar-refractivity contribution in [1.29, 1.82) is 0 Å². The summed E-state index contributed by atoms with van der Waals surface area (Å²) in [6.07, 6.45) is 7.38. The molecule has 1 saturated heterocycles. The fourth-order valence-corrected chi connectivity index (χ4v) is 3.75. The maximum atomic E-state index is 12.6. The lowest BCUT2D eigenvalue weighted by molar-refractivity contribution is -0.139. The highest BCUT2D eigenvalue weighted by Gasteiger charge is 2.30. The average molecular weight is 308 g/mol. The van der Waals surface area contributed by atoms with Crippen LogP contribution >= 0.6 is 0 Å². The smallest absolute Gasteiger partial charge is 0.225 e. The van der Waals surface area contributed by atoms with Crippen LogP contribution in [0.5, 0.6) is 0 Å². The Morgan fingerprint density at radius 1 is 1.09 bits per heavy atom. The Morgan fingerprint density at radius 3 is 2.45 bits per heavy atom. The molecule has 0 N–H and O–H groups in total. The first-order valence-corrected chi connectivity index (χ1v) is 9.13. The Hall–Kier alpha value is -0.900. The average Bonchev–Trinajstić information content (AvgIpc) is 2.53. The molecule has 1 amide bonds. The van der Waals surface area contributed by atoms with Gasteiger partial charge in [-0.25, -0.2) is 0 Å². The molecule has 2 aliphatic rings. The second-order valence-electron chi connectivity index (χ2n) is 7.21. The fraction of sp³-hybridized carbons (Fsp3) is 0.889. The second-order valence-corrected chi connectivity index (χ2v) is 7.21. The Balaban J connectivity index is 1.72. The van der Waals surface area contributed by atoms with Crippen LogP contribution in [-0.2, 0) is 9.59 Å². The number of hydrogen-bond acceptors (Lipinski definition) is 3. The molecule has 2 atom stereocenters. The molecule has 1 aliphatic carbocycles. The minimum Gasteiger partial charge on any atom is -0.340 e. The van der Waals surface area contributed by atoms with Crippen LogP contribution in [0.3, 0.4) is 0 Å². The zero-order valence-electron chi connectivity index (χ0n) is 14.4. The molecule has 1 saturated carbocycles. The Bertz CT molecular complexity index is 375. The van der Waals surface area contributed by atoms with E-state index in [1.165, 1.54) is 12.8 Å². The molecule has 0 spiro atoms. The summed E-state index contributed by atoms with van der Waals surface area (Å²) in [5.41, 5.74) is 0. The quantitative estimate of drug-likeness (QED) is 0.757. The Labute approximate surface area is 135 Å². The maximum Gasteiger partial charge on any atom is 0.225 e. The van der Waals surface area contributed by atoms with E-state index in [0.717, 1.165) is 51.9 Å². The molecule has 0 aromatic rings. The third kappa shape index (κ3) is 5.08. The third-order valence-corrected chi connectivity index (χ3v) is 5.18. The van der Waals surface area contributed by atoms with Crippen molar-refractivity contribution in [2.75, 3.05) is 32.7 Å². The number of ketones is 1. The van der Waals surface area contributed by atoms with Crippen LogP contribution in [0.2, 0.25) is 0 Å². The number of carbonyl (C=O) groups is 2. The van der Waals surface area contributed by atoms with E-state index in [1.807, 2.05) is 4.90 Å². The van der Waals surface area contributed by atoms with Crippen molar-refractivity contribution >= 4 is 11.7 Å². The normalized spacial score (nSPS) is 26.9. The molecule has 2 rings (SSSR count). The van der Waals surface area contributed by atoms with Crippen LogP contribution in [0.4, 0.5) is 0 Å². The van der Waals surface area contributed by atoms with Gasteiger partial charge < -0.3 is 4.90 Å². The topological polar surface area (TPSA) is 40.6 Å². The second kappa shape index (κ2) is 8.66. The number of unbranched alkanes of at least 4 members (excludes halogenated alkanes) is 1. The van der Waals surface area contributed by atoms with E-state index in [0.29, 0.717) is 30.6 Å². The lowest BCUT2D eigenvalue weighted by atomic mass is 9.81. The van der Waals surface area contributed by atoms with Gasteiger partial charge in [0.05, 0.1) is 6.54 Å². The van der Waals surface area contributed by atoms with Gasteiger partial charge in [-0.15, -0.1) is 0 Å². The molecule has 4 nitrogen and oxygen atoms in total. The number of carbonyl (C=O) groups excluding carboxylic acids is 2. The van der Waals surface area contributed by atoms with Gasteiger partial charge in [0.2, 0.25) is 5.91 Å². The van der Waals surface area contributed by atoms with E-state index in [1.54, 1.807) is 0 Å².